The van der Waals surface area contributed by atoms with E-state index in [1.165, 1.54) is 51.0 Å². The second-order valence-corrected chi connectivity index (χ2v) is 5.17. The van der Waals surface area contributed by atoms with E-state index in [2.05, 4.69) is 5.32 Å². The van der Waals surface area contributed by atoms with Gasteiger partial charge in [0.15, 0.2) is 11.6 Å². The fourth-order valence-corrected chi connectivity index (χ4v) is 2.62. The number of phenolic OH excluding ortho intramolecular Hbond substituents is 1. The largest absolute Gasteiger partial charge is 0.505 e. The quantitative estimate of drug-likeness (QED) is 0.857. The molecular formula is C15H22FNO. The topological polar surface area (TPSA) is 32.3 Å². The zero-order chi connectivity index (χ0) is 12.8. The van der Waals surface area contributed by atoms with E-state index in [0.717, 1.165) is 0 Å². The third kappa shape index (κ3) is 3.70. The van der Waals surface area contributed by atoms with E-state index in [1.807, 2.05) is 0 Å². The lowest BCUT2D eigenvalue weighted by atomic mass is 9.96. The Kier molecular flexibility index (Phi) is 5.00. The maximum Gasteiger partial charge on any atom is 0.165 e. The van der Waals surface area contributed by atoms with Crippen LogP contribution >= 0.6 is 0 Å². The van der Waals surface area contributed by atoms with Crippen molar-refractivity contribution in [1.29, 1.82) is 0 Å². The van der Waals surface area contributed by atoms with Crippen LogP contribution in [-0.4, -0.2) is 11.1 Å². The number of hydrogen-bond acceptors (Lipinski definition) is 2. The number of hydrogen-bond donors (Lipinski definition) is 2. The number of nitrogens with one attached hydrogen (secondary N) is 1. The van der Waals surface area contributed by atoms with Gasteiger partial charge in [0, 0.05) is 18.2 Å². The summed E-state index contributed by atoms with van der Waals surface area (Å²) in [6, 6.07) is 5.21. The summed E-state index contributed by atoms with van der Waals surface area (Å²) in [6.45, 7) is 0.550. The maximum atomic E-state index is 13.2. The first-order valence-corrected chi connectivity index (χ1v) is 6.97. The number of phenols is 1. The monoisotopic (exact) mass is 251 g/mol. The molecule has 2 rings (SSSR count). The Bertz CT molecular complexity index is 373. The molecule has 0 unspecified atom stereocenters. The summed E-state index contributed by atoms with van der Waals surface area (Å²) in [5.41, 5.74) is 0.650. The van der Waals surface area contributed by atoms with E-state index in [-0.39, 0.29) is 5.75 Å². The molecule has 0 amide bonds. The van der Waals surface area contributed by atoms with E-state index in [9.17, 15) is 9.50 Å². The molecule has 0 bridgehead atoms. The molecule has 1 aliphatic carbocycles. The molecule has 0 heterocycles. The van der Waals surface area contributed by atoms with E-state index in [0.29, 0.717) is 18.2 Å². The average Bonchev–Trinajstić information content (AvgIpc) is 2.32. The lowest BCUT2D eigenvalue weighted by molar-refractivity contribution is 0.380. The van der Waals surface area contributed by atoms with Crippen molar-refractivity contribution < 1.29 is 9.50 Å². The molecule has 1 saturated carbocycles. The molecule has 1 aliphatic rings. The molecule has 1 aromatic carbocycles. The molecule has 0 spiro atoms. The Morgan fingerprint density at radius 1 is 1.11 bits per heavy atom. The van der Waals surface area contributed by atoms with Crippen LogP contribution in [0.25, 0.3) is 0 Å². The van der Waals surface area contributed by atoms with Gasteiger partial charge in [-0.05, 0) is 18.9 Å². The van der Waals surface area contributed by atoms with Gasteiger partial charge in [0.2, 0.25) is 0 Å². The second-order valence-electron chi connectivity index (χ2n) is 5.17. The first-order valence-electron chi connectivity index (χ1n) is 6.97. The van der Waals surface area contributed by atoms with Crippen LogP contribution in [0.3, 0.4) is 0 Å². The molecule has 18 heavy (non-hydrogen) atoms. The number of aromatic hydroxyl groups is 1. The van der Waals surface area contributed by atoms with Gasteiger partial charge in [0.05, 0.1) is 0 Å². The highest BCUT2D eigenvalue weighted by Crippen LogP contribution is 2.22. The number of halogens is 1. The molecule has 1 fully saturated rings. The van der Waals surface area contributed by atoms with Gasteiger partial charge < -0.3 is 10.4 Å². The molecule has 2 N–H and O–H groups in total. The van der Waals surface area contributed by atoms with E-state index in [1.54, 1.807) is 12.1 Å². The van der Waals surface area contributed by atoms with Crippen LogP contribution < -0.4 is 5.32 Å². The summed E-state index contributed by atoms with van der Waals surface area (Å²) in [6.07, 6.45) is 8.93. The van der Waals surface area contributed by atoms with Crippen molar-refractivity contribution >= 4 is 0 Å². The lowest BCUT2D eigenvalue weighted by Gasteiger charge is -2.21. The molecular weight excluding hydrogens is 229 g/mol. The third-order valence-electron chi connectivity index (χ3n) is 3.76. The Morgan fingerprint density at radius 2 is 1.78 bits per heavy atom. The van der Waals surface area contributed by atoms with Gasteiger partial charge in [-0.25, -0.2) is 4.39 Å². The Hall–Kier alpha value is -1.09. The SMILES string of the molecule is Oc1c(F)cccc1CNC1CCCCCCC1. The second kappa shape index (κ2) is 6.74. The van der Waals surface area contributed by atoms with Gasteiger partial charge in [-0.2, -0.15) is 0 Å². The van der Waals surface area contributed by atoms with Gasteiger partial charge in [-0.15, -0.1) is 0 Å². The normalized spacial score (nSPS) is 18.3. The van der Waals surface area contributed by atoms with Crippen molar-refractivity contribution in [2.45, 2.75) is 57.5 Å². The van der Waals surface area contributed by atoms with Gasteiger partial charge in [-0.3, -0.25) is 0 Å². The molecule has 0 aromatic heterocycles. The number of para-hydroxylation sites is 1. The minimum absolute atomic E-state index is 0.212. The van der Waals surface area contributed by atoms with Crippen molar-refractivity contribution in [3.05, 3.63) is 29.6 Å². The van der Waals surface area contributed by atoms with Crippen molar-refractivity contribution in [2.75, 3.05) is 0 Å². The highest BCUT2D eigenvalue weighted by atomic mass is 19.1. The minimum Gasteiger partial charge on any atom is -0.505 e. The fourth-order valence-electron chi connectivity index (χ4n) is 2.62. The van der Waals surface area contributed by atoms with E-state index in [4.69, 9.17) is 0 Å². The third-order valence-corrected chi connectivity index (χ3v) is 3.76. The molecule has 100 valence electrons. The summed E-state index contributed by atoms with van der Waals surface area (Å²) >= 11 is 0. The minimum atomic E-state index is -0.535. The summed E-state index contributed by atoms with van der Waals surface area (Å²) < 4.78 is 13.2. The zero-order valence-electron chi connectivity index (χ0n) is 10.8. The molecule has 2 nitrogen and oxygen atoms in total. The molecule has 0 radical (unpaired) electrons. The van der Waals surface area contributed by atoms with Crippen LogP contribution in [0.4, 0.5) is 4.39 Å². The smallest absolute Gasteiger partial charge is 0.165 e. The van der Waals surface area contributed by atoms with Crippen LogP contribution in [0, 0.1) is 5.82 Å². The van der Waals surface area contributed by atoms with Crippen molar-refractivity contribution in [2.24, 2.45) is 0 Å². The molecule has 1 aromatic rings. The summed E-state index contributed by atoms with van der Waals surface area (Å²) in [7, 11) is 0. The van der Waals surface area contributed by atoms with Gasteiger partial charge >= 0.3 is 0 Å². The highest BCUT2D eigenvalue weighted by molar-refractivity contribution is 5.33. The maximum absolute atomic E-state index is 13.2. The van der Waals surface area contributed by atoms with Crippen molar-refractivity contribution in [3.63, 3.8) is 0 Å². The highest BCUT2D eigenvalue weighted by Gasteiger charge is 2.12. The first-order chi connectivity index (χ1) is 8.77. The lowest BCUT2D eigenvalue weighted by Crippen LogP contribution is -2.29. The van der Waals surface area contributed by atoms with E-state index < -0.39 is 5.82 Å². The predicted molar refractivity (Wildman–Crippen MR) is 71.0 cm³/mol. The van der Waals surface area contributed by atoms with Gasteiger partial charge in [0.25, 0.3) is 0 Å². The predicted octanol–water partition coefficient (Wildman–Crippen LogP) is 3.73. The summed E-state index contributed by atoms with van der Waals surface area (Å²) in [4.78, 5) is 0. The van der Waals surface area contributed by atoms with Gasteiger partial charge in [-0.1, -0.05) is 44.2 Å². The zero-order valence-corrected chi connectivity index (χ0v) is 10.8. The Morgan fingerprint density at radius 3 is 2.50 bits per heavy atom. The Labute approximate surface area is 108 Å². The van der Waals surface area contributed by atoms with E-state index >= 15 is 0 Å². The number of rotatable bonds is 3. The summed E-state index contributed by atoms with van der Waals surface area (Å²) in [5, 5.41) is 13.1. The summed E-state index contributed by atoms with van der Waals surface area (Å²) in [5.74, 6) is -0.747. The average molecular weight is 251 g/mol. The van der Waals surface area contributed by atoms with Crippen LogP contribution in [0.15, 0.2) is 18.2 Å². The number of benzene rings is 1. The van der Waals surface area contributed by atoms with Gasteiger partial charge in [0.1, 0.15) is 0 Å². The van der Waals surface area contributed by atoms with Crippen LogP contribution in [0.1, 0.15) is 50.5 Å². The fraction of sp³-hybridized carbons (Fsp3) is 0.600. The van der Waals surface area contributed by atoms with Crippen LogP contribution in [0.2, 0.25) is 0 Å². The van der Waals surface area contributed by atoms with Crippen molar-refractivity contribution in [3.8, 4) is 5.75 Å². The Balaban J connectivity index is 1.87. The molecule has 3 heteroatoms. The molecule has 0 saturated heterocycles. The standard InChI is InChI=1S/C15H22FNO/c16-14-10-6-7-12(15(14)18)11-17-13-8-4-2-1-3-5-9-13/h6-7,10,13,17-18H,1-5,8-9,11H2. The van der Waals surface area contributed by atoms with Crippen LogP contribution in [0.5, 0.6) is 5.75 Å². The molecule has 0 aliphatic heterocycles. The first kappa shape index (κ1) is 13.3. The molecule has 0 atom stereocenters. The van der Waals surface area contributed by atoms with Crippen molar-refractivity contribution in [1.82, 2.24) is 5.32 Å². The van der Waals surface area contributed by atoms with Crippen LogP contribution in [-0.2, 0) is 6.54 Å².